The van der Waals surface area contributed by atoms with Crippen molar-refractivity contribution in [1.29, 1.82) is 0 Å². The summed E-state index contributed by atoms with van der Waals surface area (Å²) in [6.45, 7) is 1.71. The van der Waals surface area contributed by atoms with E-state index in [9.17, 15) is 9.59 Å². The maximum atomic E-state index is 12.4. The molecule has 3 rings (SSSR count). The zero-order chi connectivity index (χ0) is 20.8. The van der Waals surface area contributed by atoms with Gasteiger partial charge < -0.3 is 14.8 Å². The van der Waals surface area contributed by atoms with Crippen LogP contribution in [0.5, 0.6) is 11.5 Å². The van der Waals surface area contributed by atoms with Crippen LogP contribution in [0.25, 0.3) is 0 Å². The Labute approximate surface area is 178 Å². The van der Waals surface area contributed by atoms with Gasteiger partial charge in [-0.25, -0.2) is 4.79 Å². The smallest absolute Gasteiger partial charge is 0.349 e. The summed E-state index contributed by atoms with van der Waals surface area (Å²) in [6.07, 6.45) is 0. The lowest BCUT2D eigenvalue weighted by Gasteiger charge is -2.09. The molecule has 0 unspecified atom stereocenters. The van der Waals surface area contributed by atoms with Crippen molar-refractivity contribution >= 4 is 40.8 Å². The predicted molar refractivity (Wildman–Crippen MR) is 113 cm³/mol. The Morgan fingerprint density at radius 1 is 0.931 bits per heavy atom. The van der Waals surface area contributed by atoms with Gasteiger partial charge in [-0.2, -0.15) is 0 Å². The number of halogens is 2. The molecule has 148 valence electrons. The first-order chi connectivity index (χ1) is 13.9. The minimum Gasteiger partial charge on any atom is -0.482 e. The molecular formula is C22H17Cl2NO4. The molecule has 3 aromatic rings. The molecule has 5 nitrogen and oxygen atoms in total. The summed E-state index contributed by atoms with van der Waals surface area (Å²) in [4.78, 5) is 24.3. The molecule has 0 heterocycles. The number of carbonyl (C=O) groups is 2. The largest absolute Gasteiger partial charge is 0.482 e. The fraction of sp³-hybridized carbons (Fsp3) is 0.0909. The SMILES string of the molecule is Cc1cccc(OCC(=O)Oc2ccc(C(=O)Nc3cc(Cl)ccc3Cl)cc2)c1. The number of benzene rings is 3. The summed E-state index contributed by atoms with van der Waals surface area (Å²) in [6, 6.07) is 18.3. The number of rotatable bonds is 6. The van der Waals surface area contributed by atoms with Crippen molar-refractivity contribution in [1.82, 2.24) is 0 Å². The molecular weight excluding hydrogens is 413 g/mol. The second-order valence-corrected chi connectivity index (χ2v) is 7.03. The van der Waals surface area contributed by atoms with Crippen molar-refractivity contribution in [3.05, 3.63) is 87.9 Å². The third-order valence-corrected chi connectivity index (χ3v) is 4.44. The Bertz CT molecular complexity index is 1040. The molecule has 0 aliphatic carbocycles. The Kier molecular flexibility index (Phi) is 6.75. The third kappa shape index (κ3) is 5.98. The van der Waals surface area contributed by atoms with E-state index in [2.05, 4.69) is 5.32 Å². The van der Waals surface area contributed by atoms with Crippen LogP contribution in [0.3, 0.4) is 0 Å². The van der Waals surface area contributed by atoms with E-state index in [0.29, 0.717) is 32.8 Å². The highest BCUT2D eigenvalue weighted by Crippen LogP contribution is 2.26. The van der Waals surface area contributed by atoms with E-state index in [0.717, 1.165) is 5.56 Å². The first kappa shape index (κ1) is 20.7. The summed E-state index contributed by atoms with van der Waals surface area (Å²) in [5.74, 6) is -0.0157. The van der Waals surface area contributed by atoms with Crippen LogP contribution in [-0.2, 0) is 4.79 Å². The monoisotopic (exact) mass is 429 g/mol. The van der Waals surface area contributed by atoms with E-state index in [-0.39, 0.29) is 12.5 Å². The van der Waals surface area contributed by atoms with E-state index < -0.39 is 5.97 Å². The van der Waals surface area contributed by atoms with E-state index in [1.807, 2.05) is 25.1 Å². The van der Waals surface area contributed by atoms with Crippen molar-refractivity contribution in [2.24, 2.45) is 0 Å². The van der Waals surface area contributed by atoms with Crippen LogP contribution in [0.4, 0.5) is 5.69 Å². The number of nitrogens with one attached hydrogen (secondary N) is 1. The van der Waals surface area contributed by atoms with Crippen LogP contribution in [0.1, 0.15) is 15.9 Å². The lowest BCUT2D eigenvalue weighted by Crippen LogP contribution is -2.18. The molecule has 0 bridgehead atoms. The van der Waals surface area contributed by atoms with Gasteiger partial charge in [-0.1, -0.05) is 35.3 Å². The lowest BCUT2D eigenvalue weighted by molar-refractivity contribution is -0.136. The van der Waals surface area contributed by atoms with E-state index in [1.54, 1.807) is 24.3 Å². The van der Waals surface area contributed by atoms with Crippen LogP contribution < -0.4 is 14.8 Å². The van der Waals surface area contributed by atoms with Crippen molar-refractivity contribution < 1.29 is 19.1 Å². The zero-order valence-corrected chi connectivity index (χ0v) is 17.0. The third-order valence-electron chi connectivity index (χ3n) is 3.87. The highest BCUT2D eigenvalue weighted by Gasteiger charge is 2.11. The Hall–Kier alpha value is -3.02. The molecule has 7 heteroatoms. The first-order valence-corrected chi connectivity index (χ1v) is 9.43. The molecule has 0 fully saturated rings. The summed E-state index contributed by atoms with van der Waals surface area (Å²) >= 11 is 12.0. The van der Waals surface area contributed by atoms with Crippen LogP contribution in [0.2, 0.25) is 10.0 Å². The standard InChI is InChI=1S/C22H17Cl2NO4/c1-14-3-2-4-18(11-14)28-13-21(26)29-17-8-5-15(6-9-17)22(27)25-20-12-16(23)7-10-19(20)24/h2-12H,13H2,1H3,(H,25,27). The fourth-order valence-corrected chi connectivity index (χ4v) is 2.81. The first-order valence-electron chi connectivity index (χ1n) is 8.67. The summed E-state index contributed by atoms with van der Waals surface area (Å²) in [7, 11) is 0. The van der Waals surface area contributed by atoms with Crippen LogP contribution in [0, 0.1) is 6.92 Å². The summed E-state index contributed by atoms with van der Waals surface area (Å²) < 4.78 is 10.6. The van der Waals surface area contributed by atoms with Crippen molar-refractivity contribution in [2.45, 2.75) is 6.92 Å². The van der Waals surface area contributed by atoms with Gasteiger partial charge in [0.05, 0.1) is 10.7 Å². The molecule has 0 spiro atoms. The quantitative estimate of drug-likeness (QED) is 0.412. The van der Waals surface area contributed by atoms with E-state index in [1.165, 1.54) is 24.3 Å². The molecule has 0 radical (unpaired) electrons. The number of aryl methyl sites for hydroxylation is 1. The Morgan fingerprint density at radius 2 is 1.69 bits per heavy atom. The van der Waals surface area contributed by atoms with Crippen molar-refractivity contribution in [3.8, 4) is 11.5 Å². The van der Waals surface area contributed by atoms with Gasteiger partial charge in [-0.15, -0.1) is 0 Å². The average molecular weight is 430 g/mol. The highest BCUT2D eigenvalue weighted by atomic mass is 35.5. The molecule has 1 N–H and O–H groups in total. The van der Waals surface area contributed by atoms with Crippen molar-refractivity contribution in [2.75, 3.05) is 11.9 Å². The van der Waals surface area contributed by atoms with Gasteiger partial charge in [0.1, 0.15) is 11.5 Å². The van der Waals surface area contributed by atoms with Gasteiger partial charge >= 0.3 is 5.97 Å². The van der Waals surface area contributed by atoms with Crippen LogP contribution in [-0.4, -0.2) is 18.5 Å². The number of hydrogen-bond donors (Lipinski definition) is 1. The number of anilines is 1. The second-order valence-electron chi connectivity index (χ2n) is 6.18. The fourth-order valence-electron chi connectivity index (χ4n) is 2.47. The van der Waals surface area contributed by atoms with Crippen LogP contribution >= 0.6 is 23.2 Å². The molecule has 0 aromatic heterocycles. The number of ether oxygens (including phenoxy) is 2. The number of amides is 1. The molecule has 0 saturated carbocycles. The number of hydrogen-bond acceptors (Lipinski definition) is 4. The maximum absolute atomic E-state index is 12.4. The molecule has 3 aromatic carbocycles. The highest BCUT2D eigenvalue weighted by molar-refractivity contribution is 6.35. The average Bonchev–Trinajstić information content (AvgIpc) is 2.70. The normalized spacial score (nSPS) is 10.3. The zero-order valence-electron chi connectivity index (χ0n) is 15.4. The van der Waals surface area contributed by atoms with Crippen molar-refractivity contribution in [3.63, 3.8) is 0 Å². The molecule has 0 aliphatic rings. The van der Waals surface area contributed by atoms with Gasteiger partial charge in [0.2, 0.25) is 0 Å². The van der Waals surface area contributed by atoms with Gasteiger partial charge in [0, 0.05) is 10.6 Å². The number of esters is 1. The Morgan fingerprint density at radius 3 is 2.41 bits per heavy atom. The molecule has 0 atom stereocenters. The minimum absolute atomic E-state index is 0.223. The summed E-state index contributed by atoms with van der Waals surface area (Å²) in [5.41, 5.74) is 1.81. The van der Waals surface area contributed by atoms with Gasteiger partial charge in [0.25, 0.3) is 5.91 Å². The predicted octanol–water partition coefficient (Wildman–Crippen LogP) is 5.54. The Balaban J connectivity index is 1.56. The molecule has 0 aliphatic heterocycles. The second kappa shape index (κ2) is 9.45. The van der Waals surface area contributed by atoms with Crippen LogP contribution in [0.15, 0.2) is 66.7 Å². The van der Waals surface area contributed by atoms with Gasteiger partial charge in [0.15, 0.2) is 6.61 Å². The summed E-state index contributed by atoms with van der Waals surface area (Å²) in [5, 5.41) is 3.52. The maximum Gasteiger partial charge on any atom is 0.349 e. The molecule has 29 heavy (non-hydrogen) atoms. The van der Waals surface area contributed by atoms with Gasteiger partial charge in [-0.05, 0) is 67.1 Å². The topological polar surface area (TPSA) is 64.6 Å². The lowest BCUT2D eigenvalue weighted by atomic mass is 10.2. The van der Waals surface area contributed by atoms with E-state index in [4.69, 9.17) is 32.7 Å². The number of carbonyl (C=O) groups excluding carboxylic acids is 2. The van der Waals surface area contributed by atoms with Gasteiger partial charge in [-0.3, -0.25) is 4.79 Å². The minimum atomic E-state index is -0.547. The molecule has 0 saturated heterocycles. The molecule has 1 amide bonds. The van der Waals surface area contributed by atoms with E-state index >= 15 is 0 Å².